The van der Waals surface area contributed by atoms with Gasteiger partial charge in [0, 0.05) is 4.47 Å². The minimum Gasteiger partial charge on any atom is -0.493 e. The van der Waals surface area contributed by atoms with Gasteiger partial charge >= 0.3 is 0 Å². The van der Waals surface area contributed by atoms with Gasteiger partial charge in [-0.1, -0.05) is 15.9 Å². The molecule has 1 aromatic rings. The van der Waals surface area contributed by atoms with Gasteiger partial charge in [-0.05, 0) is 37.0 Å². The third-order valence-electron chi connectivity index (χ3n) is 3.41. The number of hydrogen-bond donors (Lipinski definition) is 0. The first kappa shape index (κ1) is 13.1. The van der Waals surface area contributed by atoms with Gasteiger partial charge in [0.2, 0.25) is 6.08 Å². The van der Waals surface area contributed by atoms with Gasteiger partial charge in [-0.15, -0.1) is 0 Å². The van der Waals surface area contributed by atoms with Crippen molar-refractivity contribution >= 4 is 22.0 Å². The highest BCUT2D eigenvalue weighted by Crippen LogP contribution is 2.49. The minimum atomic E-state index is -0.444. The quantitative estimate of drug-likeness (QED) is 0.634. The maximum Gasteiger partial charge on any atom is 0.235 e. The van der Waals surface area contributed by atoms with E-state index in [2.05, 4.69) is 20.9 Å². The number of ether oxygens (including phenoxy) is 2. The van der Waals surface area contributed by atoms with E-state index in [4.69, 9.17) is 9.47 Å². The molecule has 1 aromatic carbocycles. The molecule has 2 rings (SSSR count). The Morgan fingerprint density at radius 1 is 1.28 bits per heavy atom. The third-order valence-corrected chi connectivity index (χ3v) is 4.07. The molecule has 1 aliphatic carbocycles. The molecule has 1 fully saturated rings. The highest BCUT2D eigenvalue weighted by Gasteiger charge is 2.40. The van der Waals surface area contributed by atoms with E-state index >= 15 is 0 Å². The summed E-state index contributed by atoms with van der Waals surface area (Å²) in [6.45, 7) is 0. The lowest BCUT2D eigenvalue weighted by atomic mass is 9.72. The van der Waals surface area contributed by atoms with Crippen LogP contribution in [0.4, 0.5) is 0 Å². The largest absolute Gasteiger partial charge is 0.493 e. The summed E-state index contributed by atoms with van der Waals surface area (Å²) in [5, 5.41) is 0. The van der Waals surface area contributed by atoms with Crippen LogP contribution in [0.3, 0.4) is 0 Å². The summed E-state index contributed by atoms with van der Waals surface area (Å²) < 4.78 is 11.4. The van der Waals surface area contributed by atoms with Crippen molar-refractivity contribution in [3.8, 4) is 11.5 Å². The maximum atomic E-state index is 10.6. The summed E-state index contributed by atoms with van der Waals surface area (Å²) >= 11 is 3.51. The van der Waals surface area contributed by atoms with Crippen LogP contribution in [0, 0.1) is 0 Å². The molecule has 1 saturated carbocycles. The van der Waals surface area contributed by atoms with E-state index in [0.29, 0.717) is 11.5 Å². The second-order valence-electron chi connectivity index (χ2n) is 4.28. The Bertz CT molecular complexity index is 505. The summed E-state index contributed by atoms with van der Waals surface area (Å²) in [5.74, 6) is 1.29. The van der Waals surface area contributed by atoms with Crippen LogP contribution < -0.4 is 9.47 Å². The van der Waals surface area contributed by atoms with Crippen molar-refractivity contribution in [1.29, 1.82) is 0 Å². The van der Waals surface area contributed by atoms with Crippen LogP contribution in [-0.2, 0) is 10.3 Å². The monoisotopic (exact) mass is 311 g/mol. The first-order valence-corrected chi connectivity index (χ1v) is 6.47. The average molecular weight is 312 g/mol. The molecule has 5 heteroatoms. The van der Waals surface area contributed by atoms with E-state index in [-0.39, 0.29) is 0 Å². The van der Waals surface area contributed by atoms with Crippen molar-refractivity contribution in [2.45, 2.75) is 24.8 Å². The number of isocyanates is 1. The van der Waals surface area contributed by atoms with Gasteiger partial charge in [0.25, 0.3) is 0 Å². The lowest BCUT2D eigenvalue weighted by molar-refractivity contribution is 0.253. The van der Waals surface area contributed by atoms with Gasteiger partial charge in [-0.2, -0.15) is 4.99 Å². The van der Waals surface area contributed by atoms with Crippen LogP contribution in [0.2, 0.25) is 0 Å². The van der Waals surface area contributed by atoms with Crippen LogP contribution in [-0.4, -0.2) is 20.3 Å². The average Bonchev–Trinajstić information content (AvgIpc) is 2.34. The summed E-state index contributed by atoms with van der Waals surface area (Å²) in [6, 6.07) is 3.72. The number of nitrogens with zero attached hydrogens (tertiary/aromatic N) is 1. The van der Waals surface area contributed by atoms with Crippen molar-refractivity contribution < 1.29 is 14.3 Å². The van der Waals surface area contributed by atoms with E-state index < -0.39 is 5.54 Å². The summed E-state index contributed by atoms with van der Waals surface area (Å²) in [7, 11) is 3.18. The first-order chi connectivity index (χ1) is 8.66. The zero-order valence-corrected chi connectivity index (χ0v) is 11.9. The number of halogens is 1. The van der Waals surface area contributed by atoms with Gasteiger partial charge in [-0.25, -0.2) is 4.79 Å². The topological polar surface area (TPSA) is 47.9 Å². The Balaban J connectivity index is 2.53. The van der Waals surface area contributed by atoms with E-state index in [1.807, 2.05) is 12.1 Å². The van der Waals surface area contributed by atoms with Crippen molar-refractivity contribution in [2.24, 2.45) is 4.99 Å². The fraction of sp³-hybridized carbons (Fsp3) is 0.462. The molecule has 0 aromatic heterocycles. The summed E-state index contributed by atoms with van der Waals surface area (Å²) in [6.07, 6.45) is 4.46. The summed E-state index contributed by atoms with van der Waals surface area (Å²) in [4.78, 5) is 14.6. The highest BCUT2D eigenvalue weighted by molar-refractivity contribution is 9.10. The Morgan fingerprint density at radius 2 is 1.89 bits per heavy atom. The zero-order chi connectivity index (χ0) is 13.2. The molecule has 0 radical (unpaired) electrons. The molecule has 0 spiro atoms. The molecule has 1 aliphatic rings. The van der Waals surface area contributed by atoms with E-state index in [9.17, 15) is 4.79 Å². The number of carbonyl (C=O) groups excluding carboxylic acids is 1. The smallest absolute Gasteiger partial charge is 0.235 e. The fourth-order valence-corrected chi connectivity index (χ4v) is 2.94. The second-order valence-corrected chi connectivity index (χ2v) is 5.13. The van der Waals surface area contributed by atoms with Crippen LogP contribution in [0.25, 0.3) is 0 Å². The maximum absolute atomic E-state index is 10.6. The molecule has 0 aliphatic heterocycles. The molecule has 4 nitrogen and oxygen atoms in total. The lowest BCUT2D eigenvalue weighted by Gasteiger charge is -2.38. The Morgan fingerprint density at radius 3 is 2.33 bits per heavy atom. The third kappa shape index (κ3) is 2.04. The molecular weight excluding hydrogens is 298 g/mol. The Hall–Kier alpha value is -1.32. The predicted octanol–water partition coefficient (Wildman–Crippen LogP) is 3.18. The van der Waals surface area contributed by atoms with Crippen molar-refractivity contribution in [1.82, 2.24) is 0 Å². The van der Waals surface area contributed by atoms with Crippen LogP contribution in [0.5, 0.6) is 11.5 Å². The molecular formula is C13H14BrNO3. The second kappa shape index (κ2) is 5.12. The van der Waals surface area contributed by atoms with Gasteiger partial charge in [0.05, 0.1) is 19.8 Å². The molecule has 0 unspecified atom stereocenters. The SMILES string of the molecule is COc1cc(Br)c(C2(N=C=O)CCC2)cc1OC. The number of rotatable bonds is 4. The Kier molecular flexibility index (Phi) is 3.73. The lowest BCUT2D eigenvalue weighted by Crippen LogP contribution is -2.32. The number of aliphatic imine (C=N–C) groups is 1. The molecule has 96 valence electrons. The van der Waals surface area contributed by atoms with E-state index in [1.165, 1.54) is 0 Å². The van der Waals surface area contributed by atoms with E-state index in [0.717, 1.165) is 29.3 Å². The van der Waals surface area contributed by atoms with Crippen LogP contribution in [0.15, 0.2) is 21.6 Å². The van der Waals surface area contributed by atoms with Gasteiger partial charge < -0.3 is 9.47 Å². The molecule has 0 atom stereocenters. The molecule has 0 amide bonds. The van der Waals surface area contributed by atoms with Gasteiger partial charge in [-0.3, -0.25) is 0 Å². The Labute approximate surface area is 114 Å². The summed E-state index contributed by atoms with van der Waals surface area (Å²) in [5.41, 5.74) is 0.509. The van der Waals surface area contributed by atoms with Crippen molar-refractivity contribution in [2.75, 3.05) is 14.2 Å². The van der Waals surface area contributed by atoms with Gasteiger partial charge in [0.15, 0.2) is 11.5 Å². The number of methoxy groups -OCH3 is 2. The van der Waals surface area contributed by atoms with Crippen molar-refractivity contribution in [3.63, 3.8) is 0 Å². The molecule has 0 bridgehead atoms. The molecule has 0 saturated heterocycles. The molecule has 18 heavy (non-hydrogen) atoms. The van der Waals surface area contributed by atoms with E-state index in [1.54, 1.807) is 20.3 Å². The first-order valence-electron chi connectivity index (χ1n) is 5.68. The number of benzene rings is 1. The van der Waals surface area contributed by atoms with Gasteiger partial charge in [0.1, 0.15) is 0 Å². The number of hydrogen-bond acceptors (Lipinski definition) is 4. The standard InChI is InChI=1S/C13H14BrNO3/c1-17-11-6-9(10(14)7-12(11)18-2)13(15-8-16)4-3-5-13/h6-7H,3-5H2,1-2H3. The zero-order valence-electron chi connectivity index (χ0n) is 10.3. The predicted molar refractivity (Wildman–Crippen MR) is 70.9 cm³/mol. The van der Waals surface area contributed by atoms with Crippen LogP contribution in [0.1, 0.15) is 24.8 Å². The highest BCUT2D eigenvalue weighted by atomic mass is 79.9. The normalized spacial score (nSPS) is 16.4. The van der Waals surface area contributed by atoms with Crippen molar-refractivity contribution in [3.05, 3.63) is 22.2 Å². The fourth-order valence-electron chi connectivity index (χ4n) is 2.25. The molecule has 0 heterocycles. The molecule has 0 N–H and O–H groups in total. The van der Waals surface area contributed by atoms with Crippen LogP contribution >= 0.6 is 15.9 Å². The minimum absolute atomic E-state index is 0.444.